The molecule has 0 aliphatic carbocycles. The van der Waals surface area contributed by atoms with E-state index in [9.17, 15) is 9.90 Å². The van der Waals surface area contributed by atoms with Crippen molar-refractivity contribution in [3.63, 3.8) is 0 Å². The molecule has 0 aromatic heterocycles. The van der Waals surface area contributed by atoms with Crippen molar-refractivity contribution in [1.29, 1.82) is 0 Å². The molecule has 0 aliphatic rings. The summed E-state index contributed by atoms with van der Waals surface area (Å²) in [7, 11) is 0. The smallest absolute Gasteiger partial charge is 0.306 e. The molecule has 4 heteroatoms. The average Bonchev–Trinajstić information content (AvgIpc) is 3.11. The molecule has 0 aliphatic heterocycles. The predicted molar refractivity (Wildman–Crippen MR) is 214 cm³/mol. The Hall–Kier alpha value is -2.69. The maximum atomic E-state index is 12.2. The molecule has 0 radical (unpaired) electrons. The van der Waals surface area contributed by atoms with Gasteiger partial charge in [0, 0.05) is 13.0 Å². The van der Waals surface area contributed by atoms with E-state index < -0.39 is 6.10 Å². The van der Waals surface area contributed by atoms with Crippen LogP contribution in [0.1, 0.15) is 155 Å². The van der Waals surface area contributed by atoms with Crippen molar-refractivity contribution in [2.75, 3.05) is 19.8 Å². The van der Waals surface area contributed by atoms with Crippen LogP contribution in [0.3, 0.4) is 0 Å². The predicted octanol–water partition coefficient (Wildman–Crippen LogP) is 13.0. The number of esters is 1. The number of hydrogen-bond acceptors (Lipinski definition) is 4. The van der Waals surface area contributed by atoms with Gasteiger partial charge >= 0.3 is 5.97 Å². The number of aliphatic hydroxyl groups is 1. The molecule has 1 N–H and O–H groups in total. The lowest BCUT2D eigenvalue weighted by Crippen LogP contribution is -2.27. The summed E-state index contributed by atoms with van der Waals surface area (Å²) in [6, 6.07) is 0. The number of unbranched alkanes of at least 4 members (excludes halogenated alkanes) is 11. The third-order valence-corrected chi connectivity index (χ3v) is 7.90. The van der Waals surface area contributed by atoms with Crippen molar-refractivity contribution < 1.29 is 19.4 Å². The molecule has 49 heavy (non-hydrogen) atoms. The van der Waals surface area contributed by atoms with Crippen LogP contribution in [0.4, 0.5) is 0 Å². The first kappa shape index (κ1) is 46.3. The second-order valence-electron chi connectivity index (χ2n) is 12.6. The van der Waals surface area contributed by atoms with Crippen molar-refractivity contribution in [3.05, 3.63) is 97.2 Å². The standard InChI is InChI=1S/C45H74O4/c1-3-5-7-9-11-13-15-17-19-21-22-23-24-25-26-28-30-32-34-36-38-40-45(47)49-44(42-46)43-48-41-39-37-35-33-31-29-27-20-18-16-14-12-10-8-6-4-2/h5-8,11-14,17-20,22-23,29,31,44,46H,3-4,9-10,15-16,21,24-28,30,32-43H2,1-2H3/b7-5-,8-6-,13-11-,14-12-,19-17-,20-18-,23-22-,31-29-. The molecule has 0 saturated heterocycles. The van der Waals surface area contributed by atoms with Crippen molar-refractivity contribution in [2.24, 2.45) is 0 Å². The zero-order chi connectivity index (χ0) is 35.6. The third kappa shape index (κ3) is 39.6. The number of rotatable bonds is 35. The minimum atomic E-state index is -0.562. The maximum absolute atomic E-state index is 12.2. The van der Waals surface area contributed by atoms with Gasteiger partial charge in [0.1, 0.15) is 6.10 Å². The van der Waals surface area contributed by atoms with Crippen LogP contribution in [0.15, 0.2) is 97.2 Å². The van der Waals surface area contributed by atoms with E-state index >= 15 is 0 Å². The van der Waals surface area contributed by atoms with Gasteiger partial charge in [0.15, 0.2) is 0 Å². The average molecular weight is 679 g/mol. The van der Waals surface area contributed by atoms with E-state index in [1.165, 1.54) is 44.9 Å². The molecule has 0 bridgehead atoms. The molecule has 0 aromatic carbocycles. The van der Waals surface area contributed by atoms with E-state index in [4.69, 9.17) is 9.47 Å². The molecular formula is C45H74O4. The van der Waals surface area contributed by atoms with E-state index in [1.54, 1.807) is 0 Å². The summed E-state index contributed by atoms with van der Waals surface area (Å²) >= 11 is 0. The summed E-state index contributed by atoms with van der Waals surface area (Å²) in [5.41, 5.74) is 0. The highest BCUT2D eigenvalue weighted by atomic mass is 16.6. The minimum Gasteiger partial charge on any atom is -0.457 e. The number of allylic oxidation sites excluding steroid dienone is 16. The summed E-state index contributed by atoms with van der Waals surface area (Å²) in [6.07, 6.45) is 58.8. The topological polar surface area (TPSA) is 55.8 Å². The molecule has 0 saturated carbocycles. The Kier molecular flexibility index (Phi) is 39.2. The van der Waals surface area contributed by atoms with Crippen LogP contribution in [0.2, 0.25) is 0 Å². The van der Waals surface area contributed by atoms with Crippen LogP contribution >= 0.6 is 0 Å². The normalized spacial score (nSPS) is 13.4. The fraction of sp³-hybridized carbons (Fsp3) is 0.622. The van der Waals surface area contributed by atoms with E-state index in [-0.39, 0.29) is 19.2 Å². The number of aliphatic hydroxyl groups excluding tert-OH is 1. The molecule has 0 heterocycles. The molecule has 0 fully saturated rings. The SMILES string of the molecule is CC/C=C\C/C=C\C/C=C\C/C=C\CCCCCCCCCCC(=O)OC(CO)COCCCCC/C=C\C/C=C\C/C=C\C/C=C\CC. The van der Waals surface area contributed by atoms with Crippen molar-refractivity contribution in [3.8, 4) is 0 Å². The van der Waals surface area contributed by atoms with Gasteiger partial charge in [0.05, 0.1) is 13.2 Å². The number of carbonyl (C=O) groups is 1. The molecule has 0 amide bonds. The Morgan fingerprint density at radius 3 is 1.29 bits per heavy atom. The Bertz CT molecular complexity index is 934. The molecule has 0 aromatic rings. The fourth-order valence-electron chi connectivity index (χ4n) is 5.01. The van der Waals surface area contributed by atoms with Crippen LogP contribution in [-0.2, 0) is 14.3 Å². The van der Waals surface area contributed by atoms with Crippen LogP contribution in [0, 0.1) is 0 Å². The summed E-state index contributed by atoms with van der Waals surface area (Å²) in [6.45, 7) is 5.02. The molecule has 278 valence electrons. The Morgan fingerprint density at radius 2 is 0.857 bits per heavy atom. The van der Waals surface area contributed by atoms with Gasteiger partial charge in [0.25, 0.3) is 0 Å². The monoisotopic (exact) mass is 679 g/mol. The van der Waals surface area contributed by atoms with E-state index in [1.807, 2.05) is 0 Å². The summed E-state index contributed by atoms with van der Waals surface area (Å²) in [4.78, 5) is 12.2. The second kappa shape index (κ2) is 41.5. The summed E-state index contributed by atoms with van der Waals surface area (Å²) < 4.78 is 11.1. The zero-order valence-electron chi connectivity index (χ0n) is 31.7. The van der Waals surface area contributed by atoms with Crippen molar-refractivity contribution in [2.45, 2.75) is 161 Å². The highest BCUT2D eigenvalue weighted by molar-refractivity contribution is 5.69. The van der Waals surface area contributed by atoms with Crippen molar-refractivity contribution in [1.82, 2.24) is 0 Å². The Labute approximate surface area is 302 Å². The Morgan fingerprint density at radius 1 is 0.490 bits per heavy atom. The lowest BCUT2D eigenvalue weighted by atomic mass is 10.1. The molecular weight excluding hydrogens is 604 g/mol. The quantitative estimate of drug-likeness (QED) is 0.0412. The largest absolute Gasteiger partial charge is 0.457 e. The molecule has 1 unspecified atom stereocenters. The highest BCUT2D eigenvalue weighted by Crippen LogP contribution is 2.12. The lowest BCUT2D eigenvalue weighted by molar-refractivity contribution is -0.154. The van der Waals surface area contributed by atoms with Gasteiger partial charge < -0.3 is 14.6 Å². The van der Waals surface area contributed by atoms with E-state index in [0.717, 1.165) is 89.9 Å². The van der Waals surface area contributed by atoms with Gasteiger partial charge in [-0.25, -0.2) is 0 Å². The number of hydrogen-bond donors (Lipinski definition) is 1. The first-order chi connectivity index (χ1) is 24.2. The van der Waals surface area contributed by atoms with Crippen LogP contribution in [0.5, 0.6) is 0 Å². The first-order valence-corrected chi connectivity index (χ1v) is 19.8. The second-order valence-corrected chi connectivity index (χ2v) is 12.6. The molecule has 4 nitrogen and oxygen atoms in total. The Balaban J connectivity index is 3.55. The van der Waals surface area contributed by atoms with Gasteiger partial charge in [-0.05, 0) is 89.9 Å². The highest BCUT2D eigenvalue weighted by Gasteiger charge is 2.13. The number of ether oxygens (including phenoxy) is 2. The summed E-state index contributed by atoms with van der Waals surface area (Å²) in [5, 5.41) is 9.58. The van der Waals surface area contributed by atoms with E-state index in [0.29, 0.717) is 13.0 Å². The first-order valence-electron chi connectivity index (χ1n) is 19.8. The molecule has 1 atom stereocenters. The lowest BCUT2D eigenvalue weighted by Gasteiger charge is -2.15. The summed E-state index contributed by atoms with van der Waals surface area (Å²) in [5.74, 6) is -0.226. The van der Waals surface area contributed by atoms with Gasteiger partial charge in [-0.15, -0.1) is 0 Å². The number of carbonyl (C=O) groups excluding carboxylic acids is 1. The van der Waals surface area contributed by atoms with Gasteiger partial charge in [-0.1, -0.05) is 156 Å². The maximum Gasteiger partial charge on any atom is 0.306 e. The third-order valence-electron chi connectivity index (χ3n) is 7.90. The van der Waals surface area contributed by atoms with Gasteiger partial charge in [-0.3, -0.25) is 4.79 Å². The van der Waals surface area contributed by atoms with Crippen molar-refractivity contribution >= 4 is 5.97 Å². The fourth-order valence-corrected chi connectivity index (χ4v) is 5.01. The van der Waals surface area contributed by atoms with Gasteiger partial charge in [0.2, 0.25) is 0 Å². The van der Waals surface area contributed by atoms with Crippen LogP contribution < -0.4 is 0 Å². The van der Waals surface area contributed by atoms with Gasteiger partial charge in [-0.2, -0.15) is 0 Å². The van der Waals surface area contributed by atoms with Crippen LogP contribution in [0.25, 0.3) is 0 Å². The van der Waals surface area contributed by atoms with Crippen LogP contribution in [-0.4, -0.2) is 37.0 Å². The molecule has 0 rings (SSSR count). The zero-order valence-corrected chi connectivity index (χ0v) is 31.7. The molecule has 0 spiro atoms. The minimum absolute atomic E-state index is 0.195. The van der Waals surface area contributed by atoms with E-state index in [2.05, 4.69) is 111 Å².